The van der Waals surface area contributed by atoms with Gasteiger partial charge in [-0.3, -0.25) is 4.79 Å². The van der Waals surface area contributed by atoms with Crippen LogP contribution < -0.4 is 5.56 Å². The fourth-order valence-corrected chi connectivity index (χ4v) is 2.04. The molecule has 2 aromatic heterocycles. The number of hydrogen-bond acceptors (Lipinski definition) is 3. The third kappa shape index (κ3) is 1.77. The highest BCUT2D eigenvalue weighted by atomic mass is 19.1. The molecule has 0 spiro atoms. The first-order chi connectivity index (χ1) is 9.06. The smallest absolute Gasteiger partial charge is 0.262 e. The van der Waals surface area contributed by atoms with Gasteiger partial charge in [0.1, 0.15) is 17.0 Å². The van der Waals surface area contributed by atoms with Crippen LogP contribution in [0.2, 0.25) is 0 Å². The van der Waals surface area contributed by atoms with Crippen molar-refractivity contribution in [3.8, 4) is 17.0 Å². The first kappa shape index (κ1) is 11.5. The van der Waals surface area contributed by atoms with Crippen molar-refractivity contribution in [2.45, 2.75) is 6.92 Å². The zero-order valence-corrected chi connectivity index (χ0v) is 10.0. The molecule has 19 heavy (non-hydrogen) atoms. The standard InChI is InChI=1S/C13H10FN3O2/c1-7-5-10-15-12(18)11(13(19)17(10)16-7)8-3-2-4-9(14)6-8/h2-6,19H,1H3,(H,15,18). The van der Waals surface area contributed by atoms with Crippen molar-refractivity contribution >= 4 is 5.65 Å². The van der Waals surface area contributed by atoms with E-state index >= 15 is 0 Å². The van der Waals surface area contributed by atoms with E-state index in [1.54, 1.807) is 19.1 Å². The van der Waals surface area contributed by atoms with Crippen molar-refractivity contribution in [2.24, 2.45) is 0 Å². The number of aromatic nitrogens is 3. The maximum absolute atomic E-state index is 13.2. The fourth-order valence-electron chi connectivity index (χ4n) is 2.04. The molecule has 0 amide bonds. The highest BCUT2D eigenvalue weighted by Crippen LogP contribution is 2.26. The van der Waals surface area contributed by atoms with Crippen LogP contribution in [0.25, 0.3) is 16.8 Å². The zero-order chi connectivity index (χ0) is 13.6. The Balaban J connectivity index is 2.38. The summed E-state index contributed by atoms with van der Waals surface area (Å²) in [4.78, 5) is 14.6. The second-order valence-electron chi connectivity index (χ2n) is 4.25. The van der Waals surface area contributed by atoms with Gasteiger partial charge in [-0.05, 0) is 24.6 Å². The maximum atomic E-state index is 13.2. The Kier molecular flexibility index (Phi) is 2.38. The quantitative estimate of drug-likeness (QED) is 0.700. The minimum absolute atomic E-state index is 0.00454. The molecular weight excluding hydrogens is 249 g/mol. The first-order valence-electron chi connectivity index (χ1n) is 5.64. The zero-order valence-electron chi connectivity index (χ0n) is 10.0. The van der Waals surface area contributed by atoms with E-state index in [1.807, 2.05) is 0 Å². The number of nitrogens with one attached hydrogen (secondary N) is 1. The lowest BCUT2D eigenvalue weighted by Crippen LogP contribution is -2.12. The molecule has 3 aromatic rings. The molecule has 0 aliphatic heterocycles. The molecule has 96 valence electrons. The van der Waals surface area contributed by atoms with Gasteiger partial charge in [0.2, 0.25) is 5.88 Å². The fraction of sp³-hybridized carbons (Fsp3) is 0.0769. The van der Waals surface area contributed by atoms with Crippen molar-refractivity contribution in [2.75, 3.05) is 0 Å². The van der Waals surface area contributed by atoms with Gasteiger partial charge in [-0.25, -0.2) is 4.39 Å². The molecule has 0 saturated carbocycles. The van der Waals surface area contributed by atoms with Crippen LogP contribution in [0.4, 0.5) is 4.39 Å². The van der Waals surface area contributed by atoms with Crippen molar-refractivity contribution in [3.05, 3.63) is 52.2 Å². The van der Waals surface area contributed by atoms with E-state index in [0.29, 0.717) is 16.9 Å². The van der Waals surface area contributed by atoms with Gasteiger partial charge in [0.05, 0.1) is 5.69 Å². The lowest BCUT2D eigenvalue weighted by atomic mass is 10.1. The SMILES string of the molecule is Cc1cc2[nH]c(=O)c(-c3cccc(F)c3)c(O)n2n1. The molecule has 1 aromatic carbocycles. The van der Waals surface area contributed by atoms with Crippen LogP contribution in [0.1, 0.15) is 5.69 Å². The first-order valence-corrected chi connectivity index (χ1v) is 5.64. The minimum Gasteiger partial charge on any atom is -0.493 e. The third-order valence-corrected chi connectivity index (χ3v) is 2.84. The van der Waals surface area contributed by atoms with E-state index in [0.717, 1.165) is 0 Å². The van der Waals surface area contributed by atoms with E-state index in [9.17, 15) is 14.3 Å². The molecule has 0 aliphatic rings. The van der Waals surface area contributed by atoms with Gasteiger partial charge < -0.3 is 10.1 Å². The molecule has 0 radical (unpaired) electrons. The van der Waals surface area contributed by atoms with Crippen molar-refractivity contribution in [1.29, 1.82) is 0 Å². The van der Waals surface area contributed by atoms with Crippen LogP contribution in [0.15, 0.2) is 35.1 Å². The second-order valence-corrected chi connectivity index (χ2v) is 4.25. The Bertz CT molecular complexity index is 836. The summed E-state index contributed by atoms with van der Waals surface area (Å²) in [5.74, 6) is -0.787. The van der Waals surface area contributed by atoms with E-state index in [2.05, 4.69) is 10.1 Å². The number of aromatic amines is 1. The Morgan fingerprint density at radius 3 is 2.89 bits per heavy atom. The average Bonchev–Trinajstić information content (AvgIpc) is 2.70. The number of aryl methyl sites for hydroxylation is 1. The van der Waals surface area contributed by atoms with Crippen molar-refractivity contribution < 1.29 is 9.50 Å². The van der Waals surface area contributed by atoms with Gasteiger partial charge in [-0.15, -0.1) is 0 Å². The number of H-pyrrole nitrogens is 1. The maximum Gasteiger partial charge on any atom is 0.262 e. The van der Waals surface area contributed by atoms with Gasteiger partial charge in [0.25, 0.3) is 5.56 Å². The van der Waals surface area contributed by atoms with Crippen molar-refractivity contribution in [1.82, 2.24) is 14.6 Å². The van der Waals surface area contributed by atoms with Crippen molar-refractivity contribution in [3.63, 3.8) is 0 Å². The number of rotatable bonds is 1. The molecule has 0 saturated heterocycles. The minimum atomic E-state index is -0.490. The number of fused-ring (bicyclic) bond motifs is 1. The number of aromatic hydroxyl groups is 1. The molecule has 0 fully saturated rings. The summed E-state index contributed by atoms with van der Waals surface area (Å²) in [6.07, 6.45) is 0. The lowest BCUT2D eigenvalue weighted by Gasteiger charge is -2.05. The summed E-state index contributed by atoms with van der Waals surface area (Å²) in [5.41, 5.74) is 0.849. The van der Waals surface area contributed by atoms with Crippen LogP contribution in [0.5, 0.6) is 5.88 Å². The van der Waals surface area contributed by atoms with Gasteiger partial charge in [-0.1, -0.05) is 12.1 Å². The van der Waals surface area contributed by atoms with Crippen LogP contribution in [0.3, 0.4) is 0 Å². The number of hydrogen-bond donors (Lipinski definition) is 2. The molecule has 0 atom stereocenters. The second kappa shape index (κ2) is 3.94. The summed E-state index contributed by atoms with van der Waals surface area (Å²) >= 11 is 0. The molecular formula is C13H10FN3O2. The predicted octanol–water partition coefficient (Wildman–Crippen LogP) is 1.84. The van der Waals surface area contributed by atoms with Crippen LogP contribution in [-0.2, 0) is 0 Å². The average molecular weight is 259 g/mol. The van der Waals surface area contributed by atoms with E-state index in [4.69, 9.17) is 0 Å². The van der Waals surface area contributed by atoms with E-state index < -0.39 is 11.4 Å². The Morgan fingerprint density at radius 1 is 1.37 bits per heavy atom. The molecule has 0 aliphatic carbocycles. The summed E-state index contributed by atoms with van der Waals surface area (Å²) in [6, 6.07) is 7.12. The molecule has 0 bridgehead atoms. The van der Waals surface area contributed by atoms with Gasteiger partial charge in [0, 0.05) is 6.07 Å². The largest absolute Gasteiger partial charge is 0.493 e. The molecule has 5 nitrogen and oxygen atoms in total. The van der Waals surface area contributed by atoms with Crippen LogP contribution in [0, 0.1) is 12.7 Å². The molecule has 6 heteroatoms. The monoisotopic (exact) mass is 259 g/mol. The lowest BCUT2D eigenvalue weighted by molar-refractivity contribution is 0.436. The van der Waals surface area contributed by atoms with Gasteiger partial charge in [0.15, 0.2) is 0 Å². The predicted molar refractivity (Wildman–Crippen MR) is 67.6 cm³/mol. The number of nitrogens with zero attached hydrogens (tertiary/aromatic N) is 2. The molecule has 2 N–H and O–H groups in total. The highest BCUT2D eigenvalue weighted by molar-refractivity contribution is 5.69. The molecule has 0 unspecified atom stereocenters. The molecule has 2 heterocycles. The Hall–Kier alpha value is -2.63. The summed E-state index contributed by atoms with van der Waals surface area (Å²) < 4.78 is 14.4. The third-order valence-electron chi connectivity index (χ3n) is 2.84. The van der Waals surface area contributed by atoms with E-state index in [-0.39, 0.29) is 11.4 Å². The van der Waals surface area contributed by atoms with Crippen LogP contribution >= 0.6 is 0 Å². The van der Waals surface area contributed by atoms with Gasteiger partial charge in [-0.2, -0.15) is 9.61 Å². The molecule has 3 rings (SSSR count). The highest BCUT2D eigenvalue weighted by Gasteiger charge is 2.15. The Labute approximate surface area is 107 Å². The normalized spacial score (nSPS) is 11.1. The van der Waals surface area contributed by atoms with Crippen LogP contribution in [-0.4, -0.2) is 19.7 Å². The number of benzene rings is 1. The Morgan fingerprint density at radius 2 is 2.16 bits per heavy atom. The van der Waals surface area contributed by atoms with E-state index in [1.165, 1.54) is 22.7 Å². The summed E-state index contributed by atoms with van der Waals surface area (Å²) in [5, 5.41) is 14.2. The van der Waals surface area contributed by atoms with Gasteiger partial charge >= 0.3 is 0 Å². The number of halogens is 1. The topological polar surface area (TPSA) is 70.4 Å². The summed E-state index contributed by atoms with van der Waals surface area (Å²) in [7, 11) is 0. The summed E-state index contributed by atoms with van der Waals surface area (Å²) in [6.45, 7) is 1.74.